The predicted molar refractivity (Wildman–Crippen MR) is 75.3 cm³/mol. The molecular weight excluding hydrogens is 254 g/mol. The summed E-state index contributed by atoms with van der Waals surface area (Å²) in [5, 5.41) is 19.7. The SMILES string of the molecule is CC(c1ccccc1)N1[C@H]2CC[C@H]([C@H](O)C2)[C@H]1C(=O)O. The third-order valence-corrected chi connectivity index (χ3v) is 4.97. The molecule has 0 radical (unpaired) electrons. The highest BCUT2D eigenvalue weighted by molar-refractivity contribution is 5.74. The maximum Gasteiger partial charge on any atom is 0.321 e. The number of fused-ring (bicyclic) bond motifs is 3. The van der Waals surface area contributed by atoms with E-state index in [0.717, 1.165) is 18.4 Å². The number of hydrogen-bond donors (Lipinski definition) is 2. The van der Waals surface area contributed by atoms with Crippen molar-refractivity contribution in [3.63, 3.8) is 0 Å². The van der Waals surface area contributed by atoms with Crippen molar-refractivity contribution in [3.8, 4) is 0 Å². The van der Waals surface area contributed by atoms with Crippen molar-refractivity contribution in [2.24, 2.45) is 5.92 Å². The van der Waals surface area contributed by atoms with Crippen LogP contribution < -0.4 is 0 Å². The Balaban J connectivity index is 1.92. The van der Waals surface area contributed by atoms with Gasteiger partial charge in [-0.1, -0.05) is 30.3 Å². The fourth-order valence-corrected chi connectivity index (χ4v) is 4.01. The summed E-state index contributed by atoms with van der Waals surface area (Å²) in [5.41, 5.74) is 1.14. The monoisotopic (exact) mass is 275 g/mol. The predicted octanol–water partition coefficient (Wildman–Crippen LogP) is 2.05. The van der Waals surface area contributed by atoms with Crippen LogP contribution >= 0.6 is 0 Å². The Kier molecular flexibility index (Phi) is 3.52. The number of piperidine rings is 2. The first-order valence-corrected chi connectivity index (χ1v) is 7.33. The smallest absolute Gasteiger partial charge is 0.321 e. The maximum absolute atomic E-state index is 11.7. The molecule has 4 heteroatoms. The molecule has 0 aromatic heterocycles. The molecule has 2 N–H and O–H groups in total. The standard InChI is InChI=1S/C16H21NO3/c1-10(11-5-3-2-4-6-11)17-12-7-8-13(14(18)9-12)15(17)16(19)20/h2-6,10,12-15,18H,7-9H2,1H3,(H,19,20)/t10?,12-,13+,14+,15-/m0/s1. The van der Waals surface area contributed by atoms with Gasteiger partial charge in [0.25, 0.3) is 0 Å². The second-order valence-electron chi connectivity index (χ2n) is 6.02. The highest BCUT2D eigenvalue weighted by atomic mass is 16.4. The van der Waals surface area contributed by atoms with E-state index in [1.54, 1.807) is 0 Å². The third kappa shape index (κ3) is 2.13. The van der Waals surface area contributed by atoms with Crippen molar-refractivity contribution >= 4 is 5.97 Å². The van der Waals surface area contributed by atoms with Crippen LogP contribution in [0, 0.1) is 5.92 Å². The van der Waals surface area contributed by atoms with Crippen LogP contribution in [0.15, 0.2) is 30.3 Å². The average molecular weight is 275 g/mol. The van der Waals surface area contributed by atoms with Crippen LogP contribution in [0.4, 0.5) is 0 Å². The molecular formula is C16H21NO3. The Morgan fingerprint density at radius 3 is 2.60 bits per heavy atom. The Labute approximate surface area is 119 Å². The van der Waals surface area contributed by atoms with Crippen LogP contribution in [0.1, 0.15) is 37.8 Å². The summed E-state index contributed by atoms with van der Waals surface area (Å²) in [7, 11) is 0. The lowest BCUT2D eigenvalue weighted by atomic mass is 9.71. The average Bonchev–Trinajstić information content (AvgIpc) is 2.47. The van der Waals surface area contributed by atoms with Gasteiger partial charge in [0.05, 0.1) is 6.10 Å². The quantitative estimate of drug-likeness (QED) is 0.886. The van der Waals surface area contributed by atoms with Gasteiger partial charge in [-0.15, -0.1) is 0 Å². The molecule has 1 aromatic carbocycles. The summed E-state index contributed by atoms with van der Waals surface area (Å²) >= 11 is 0. The lowest BCUT2D eigenvalue weighted by Crippen LogP contribution is -2.63. The number of aliphatic hydroxyl groups excluding tert-OH is 1. The first-order valence-electron chi connectivity index (χ1n) is 7.33. The number of benzene rings is 1. The molecule has 1 saturated carbocycles. The van der Waals surface area contributed by atoms with Crippen molar-refractivity contribution in [1.29, 1.82) is 0 Å². The minimum Gasteiger partial charge on any atom is -0.480 e. The van der Waals surface area contributed by atoms with Crippen LogP contribution in [-0.2, 0) is 4.79 Å². The summed E-state index contributed by atoms with van der Waals surface area (Å²) in [6, 6.07) is 9.70. The molecule has 1 unspecified atom stereocenters. The first kappa shape index (κ1) is 13.6. The van der Waals surface area contributed by atoms with E-state index < -0.39 is 18.1 Å². The van der Waals surface area contributed by atoms with E-state index in [2.05, 4.69) is 11.8 Å². The van der Waals surface area contributed by atoms with E-state index in [1.807, 2.05) is 30.3 Å². The molecule has 1 aromatic rings. The van der Waals surface area contributed by atoms with Gasteiger partial charge in [0.1, 0.15) is 6.04 Å². The number of aliphatic hydroxyl groups is 1. The molecule has 20 heavy (non-hydrogen) atoms. The molecule has 0 amide bonds. The van der Waals surface area contributed by atoms with Gasteiger partial charge in [0.2, 0.25) is 0 Å². The molecule has 2 heterocycles. The first-order chi connectivity index (χ1) is 9.59. The van der Waals surface area contributed by atoms with Gasteiger partial charge in [0.15, 0.2) is 0 Å². The van der Waals surface area contributed by atoms with E-state index >= 15 is 0 Å². The van der Waals surface area contributed by atoms with Gasteiger partial charge in [-0.05, 0) is 31.7 Å². The molecule has 3 fully saturated rings. The number of carbonyl (C=O) groups is 1. The number of aliphatic carboxylic acids is 1. The molecule has 2 bridgehead atoms. The Morgan fingerprint density at radius 2 is 2.00 bits per heavy atom. The topological polar surface area (TPSA) is 60.8 Å². The van der Waals surface area contributed by atoms with Gasteiger partial charge >= 0.3 is 5.97 Å². The van der Waals surface area contributed by atoms with Crippen molar-refractivity contribution in [2.45, 2.75) is 50.4 Å². The summed E-state index contributed by atoms with van der Waals surface area (Å²) in [6.07, 6.45) is 2.05. The summed E-state index contributed by atoms with van der Waals surface area (Å²) in [6.45, 7) is 2.07. The van der Waals surface area contributed by atoms with E-state index in [1.165, 1.54) is 0 Å². The molecule has 2 saturated heterocycles. The Bertz CT molecular complexity index is 490. The van der Waals surface area contributed by atoms with Crippen molar-refractivity contribution in [1.82, 2.24) is 4.90 Å². The van der Waals surface area contributed by atoms with Crippen LogP contribution in [-0.4, -0.2) is 39.3 Å². The lowest BCUT2D eigenvalue weighted by molar-refractivity contribution is -0.166. The molecule has 4 rings (SSSR count). The summed E-state index contributed by atoms with van der Waals surface area (Å²) in [4.78, 5) is 13.8. The lowest BCUT2D eigenvalue weighted by Gasteiger charge is -2.54. The molecule has 0 spiro atoms. The van der Waals surface area contributed by atoms with Gasteiger partial charge in [-0.25, -0.2) is 0 Å². The number of rotatable bonds is 3. The molecule has 5 atom stereocenters. The zero-order valence-electron chi connectivity index (χ0n) is 11.6. The van der Waals surface area contributed by atoms with E-state index in [9.17, 15) is 15.0 Å². The van der Waals surface area contributed by atoms with Crippen molar-refractivity contribution in [3.05, 3.63) is 35.9 Å². The molecule has 3 aliphatic rings. The van der Waals surface area contributed by atoms with Gasteiger partial charge in [-0.2, -0.15) is 0 Å². The molecule has 108 valence electrons. The highest BCUT2D eigenvalue weighted by Gasteiger charge is 2.51. The van der Waals surface area contributed by atoms with Gasteiger partial charge < -0.3 is 10.2 Å². The zero-order valence-corrected chi connectivity index (χ0v) is 11.6. The van der Waals surface area contributed by atoms with E-state index in [0.29, 0.717) is 6.42 Å². The summed E-state index contributed by atoms with van der Waals surface area (Å²) < 4.78 is 0. The van der Waals surface area contributed by atoms with Crippen molar-refractivity contribution in [2.75, 3.05) is 0 Å². The molecule has 4 nitrogen and oxygen atoms in total. The van der Waals surface area contributed by atoms with Gasteiger partial charge in [0, 0.05) is 18.0 Å². The fourth-order valence-electron chi connectivity index (χ4n) is 4.01. The maximum atomic E-state index is 11.7. The van der Waals surface area contributed by atoms with Crippen molar-refractivity contribution < 1.29 is 15.0 Å². The zero-order chi connectivity index (χ0) is 14.3. The largest absolute Gasteiger partial charge is 0.480 e. The fraction of sp³-hybridized carbons (Fsp3) is 0.562. The van der Waals surface area contributed by atoms with Crippen LogP contribution in [0.2, 0.25) is 0 Å². The molecule has 1 aliphatic carbocycles. The molecule has 2 aliphatic heterocycles. The number of nitrogens with zero attached hydrogens (tertiary/aromatic N) is 1. The normalized spacial score (nSPS) is 34.9. The minimum absolute atomic E-state index is 0.0672. The summed E-state index contributed by atoms with van der Waals surface area (Å²) in [5.74, 6) is -0.940. The second kappa shape index (κ2) is 5.19. The van der Waals surface area contributed by atoms with Crippen LogP contribution in [0.3, 0.4) is 0 Å². The van der Waals surface area contributed by atoms with Crippen LogP contribution in [0.25, 0.3) is 0 Å². The van der Waals surface area contributed by atoms with E-state index in [4.69, 9.17) is 0 Å². The second-order valence-corrected chi connectivity index (χ2v) is 6.02. The minimum atomic E-state index is -0.804. The van der Waals surface area contributed by atoms with E-state index in [-0.39, 0.29) is 18.0 Å². The Hall–Kier alpha value is -1.39. The third-order valence-electron chi connectivity index (χ3n) is 4.97. The highest BCUT2D eigenvalue weighted by Crippen LogP contribution is 2.44. The number of carboxylic acids is 1. The number of hydrogen-bond acceptors (Lipinski definition) is 3. The van der Waals surface area contributed by atoms with Gasteiger partial charge in [-0.3, -0.25) is 9.69 Å². The van der Waals surface area contributed by atoms with Crippen LogP contribution in [0.5, 0.6) is 0 Å². The Morgan fingerprint density at radius 1 is 1.30 bits per heavy atom. The number of carboxylic acid groups (broad SMARTS) is 1.